The first-order valence-electron chi connectivity index (χ1n) is 13.0. The Morgan fingerprint density at radius 2 is 1.92 bits per heavy atom. The first-order valence-corrected chi connectivity index (χ1v) is 13.0. The van der Waals surface area contributed by atoms with E-state index in [2.05, 4.69) is 29.9 Å². The van der Waals surface area contributed by atoms with E-state index in [0.29, 0.717) is 31.0 Å². The van der Waals surface area contributed by atoms with Crippen molar-refractivity contribution in [3.05, 3.63) is 54.4 Å². The van der Waals surface area contributed by atoms with E-state index in [9.17, 15) is 13.2 Å². The van der Waals surface area contributed by atoms with Gasteiger partial charge < -0.3 is 21.2 Å². The molecule has 0 bridgehead atoms. The quantitative estimate of drug-likeness (QED) is 0.325. The van der Waals surface area contributed by atoms with Crippen LogP contribution in [-0.4, -0.2) is 66.4 Å². The third-order valence-corrected chi connectivity index (χ3v) is 7.98. The second-order valence-electron chi connectivity index (χ2n) is 10.4. The molecule has 2 aliphatic rings. The summed E-state index contributed by atoms with van der Waals surface area (Å²) in [4.78, 5) is 17.9. The molecule has 206 valence electrons. The number of halogens is 3. The summed E-state index contributed by atoms with van der Waals surface area (Å²) in [5.41, 5.74) is 13.5. The summed E-state index contributed by atoms with van der Waals surface area (Å²) in [7, 11) is 0. The van der Waals surface area contributed by atoms with Crippen molar-refractivity contribution in [1.82, 2.24) is 34.6 Å². The molecule has 0 atom stereocenters. The van der Waals surface area contributed by atoms with Crippen molar-refractivity contribution in [2.24, 2.45) is 11.5 Å². The number of ether oxygens (including phenoxy) is 1. The maximum Gasteiger partial charge on any atom is 0.433 e. The summed E-state index contributed by atoms with van der Waals surface area (Å²) in [5.74, 6) is -0.0235. The normalized spacial score (nSPS) is 22.7. The fourth-order valence-corrected chi connectivity index (χ4v) is 5.74. The summed E-state index contributed by atoms with van der Waals surface area (Å²) in [6, 6.07) is 4.76. The Balaban J connectivity index is 1.08. The van der Waals surface area contributed by atoms with E-state index in [4.69, 9.17) is 16.2 Å². The van der Waals surface area contributed by atoms with Crippen molar-refractivity contribution >= 4 is 11.0 Å². The highest BCUT2D eigenvalue weighted by molar-refractivity contribution is 5.89. The molecule has 1 aliphatic carbocycles. The van der Waals surface area contributed by atoms with Gasteiger partial charge in [0.15, 0.2) is 0 Å². The lowest BCUT2D eigenvalue weighted by Gasteiger charge is -2.52. The number of nitrogens with two attached hydrogens (primary N) is 2. The summed E-state index contributed by atoms with van der Waals surface area (Å²) in [5, 5.41) is 5.60. The standard InChI is InChI=1S/C26H30F3N9O/c27-26(28,29)21-7-16(11-30)8-22(36-21)39-19-2-5-37(6-3-19)18-9-25(10-18,14-31)38-13-17(12-35-38)23-20-1-4-32-24(20)34-15-33-23/h1,4,7-8,12-13,15,18-19H,2-3,5-6,9-11,14,30-31H2,(H,32,33,34). The van der Waals surface area contributed by atoms with Crippen LogP contribution in [0.25, 0.3) is 22.3 Å². The zero-order valence-electron chi connectivity index (χ0n) is 21.2. The minimum absolute atomic E-state index is 0.0156. The maximum atomic E-state index is 13.2. The van der Waals surface area contributed by atoms with Crippen molar-refractivity contribution in [3.8, 4) is 17.1 Å². The number of aromatic nitrogens is 6. The zero-order valence-corrected chi connectivity index (χ0v) is 21.2. The summed E-state index contributed by atoms with van der Waals surface area (Å²) >= 11 is 0. The average molecular weight is 542 g/mol. The van der Waals surface area contributed by atoms with Crippen LogP contribution in [0.4, 0.5) is 13.2 Å². The minimum Gasteiger partial charge on any atom is -0.474 e. The predicted molar refractivity (Wildman–Crippen MR) is 138 cm³/mol. The molecule has 6 rings (SSSR count). The van der Waals surface area contributed by atoms with E-state index in [-0.39, 0.29) is 24.1 Å². The van der Waals surface area contributed by atoms with Crippen LogP contribution in [0.3, 0.4) is 0 Å². The van der Waals surface area contributed by atoms with E-state index < -0.39 is 11.9 Å². The topological polar surface area (TPSA) is 137 Å². The van der Waals surface area contributed by atoms with Crippen LogP contribution in [0.2, 0.25) is 0 Å². The van der Waals surface area contributed by atoms with Gasteiger partial charge in [0.1, 0.15) is 23.8 Å². The molecule has 0 radical (unpaired) electrons. The van der Waals surface area contributed by atoms with E-state index in [0.717, 1.165) is 54.3 Å². The number of pyridine rings is 1. The second kappa shape index (κ2) is 9.88. The number of piperidine rings is 1. The summed E-state index contributed by atoms with van der Waals surface area (Å²) in [6.07, 6.45) is 5.60. The summed E-state index contributed by atoms with van der Waals surface area (Å²) < 4.78 is 47.5. The van der Waals surface area contributed by atoms with Gasteiger partial charge in [0, 0.05) is 61.6 Å². The molecule has 5 heterocycles. The van der Waals surface area contributed by atoms with Gasteiger partial charge in [-0.25, -0.2) is 15.0 Å². The van der Waals surface area contributed by atoms with Crippen LogP contribution in [-0.2, 0) is 18.3 Å². The first-order chi connectivity index (χ1) is 18.8. The van der Waals surface area contributed by atoms with Crippen molar-refractivity contribution in [3.63, 3.8) is 0 Å². The van der Waals surface area contributed by atoms with Crippen LogP contribution in [0.5, 0.6) is 5.88 Å². The number of nitrogens with zero attached hydrogens (tertiary/aromatic N) is 6. The van der Waals surface area contributed by atoms with Gasteiger partial charge in [-0.05, 0) is 43.4 Å². The molecule has 0 aromatic carbocycles. The van der Waals surface area contributed by atoms with Gasteiger partial charge in [0.05, 0.1) is 17.4 Å². The molecule has 13 heteroatoms. The molecule has 5 N–H and O–H groups in total. The largest absolute Gasteiger partial charge is 0.474 e. The Labute approximate surface area is 222 Å². The minimum atomic E-state index is -4.55. The molecule has 4 aromatic rings. The number of fused-ring (bicyclic) bond motifs is 1. The van der Waals surface area contributed by atoms with Crippen LogP contribution in [0.15, 0.2) is 43.1 Å². The Bertz CT molecular complexity index is 1450. The first kappa shape index (κ1) is 25.7. The monoisotopic (exact) mass is 541 g/mol. The van der Waals surface area contributed by atoms with Crippen LogP contribution in [0, 0.1) is 0 Å². The lowest BCUT2D eigenvalue weighted by molar-refractivity contribution is -0.141. The summed E-state index contributed by atoms with van der Waals surface area (Å²) in [6.45, 7) is 2.03. The molecule has 2 fully saturated rings. The third-order valence-electron chi connectivity index (χ3n) is 7.98. The molecule has 0 unspecified atom stereocenters. The Hall–Kier alpha value is -3.55. The smallest absolute Gasteiger partial charge is 0.433 e. The molecule has 1 saturated carbocycles. The van der Waals surface area contributed by atoms with Crippen molar-refractivity contribution in [1.29, 1.82) is 0 Å². The number of aromatic amines is 1. The number of nitrogens with one attached hydrogen (secondary N) is 1. The van der Waals surface area contributed by atoms with Gasteiger partial charge in [-0.1, -0.05) is 0 Å². The third kappa shape index (κ3) is 4.85. The van der Waals surface area contributed by atoms with Crippen molar-refractivity contribution < 1.29 is 17.9 Å². The highest BCUT2D eigenvalue weighted by Gasteiger charge is 2.48. The van der Waals surface area contributed by atoms with Crippen molar-refractivity contribution in [2.75, 3.05) is 19.6 Å². The predicted octanol–water partition coefficient (Wildman–Crippen LogP) is 3.05. The molecule has 10 nitrogen and oxygen atoms in total. The number of hydrogen-bond acceptors (Lipinski definition) is 8. The van der Waals surface area contributed by atoms with Crippen LogP contribution >= 0.6 is 0 Å². The molecular formula is C26H30F3N9O. The van der Waals surface area contributed by atoms with E-state index in [1.54, 1.807) is 0 Å². The Morgan fingerprint density at radius 1 is 1.13 bits per heavy atom. The molecule has 0 amide bonds. The zero-order chi connectivity index (χ0) is 27.2. The lowest BCUT2D eigenvalue weighted by Crippen LogP contribution is -2.61. The van der Waals surface area contributed by atoms with Gasteiger partial charge in [0.25, 0.3) is 0 Å². The van der Waals surface area contributed by atoms with Crippen LogP contribution < -0.4 is 16.2 Å². The molecule has 39 heavy (non-hydrogen) atoms. The van der Waals surface area contributed by atoms with E-state index >= 15 is 0 Å². The van der Waals surface area contributed by atoms with E-state index in [1.807, 2.05) is 29.3 Å². The van der Waals surface area contributed by atoms with E-state index in [1.165, 1.54) is 12.4 Å². The molecule has 4 aromatic heterocycles. The van der Waals surface area contributed by atoms with Gasteiger partial charge >= 0.3 is 6.18 Å². The number of H-pyrrole nitrogens is 1. The van der Waals surface area contributed by atoms with Gasteiger partial charge in [-0.15, -0.1) is 0 Å². The Morgan fingerprint density at radius 3 is 2.64 bits per heavy atom. The number of alkyl halides is 3. The molecule has 1 saturated heterocycles. The lowest BCUT2D eigenvalue weighted by atomic mass is 9.71. The fraction of sp³-hybridized carbons (Fsp3) is 0.462. The van der Waals surface area contributed by atoms with Gasteiger partial charge in [-0.3, -0.25) is 9.58 Å². The van der Waals surface area contributed by atoms with Crippen LogP contribution in [0.1, 0.15) is 36.9 Å². The SMILES string of the molecule is NCc1cc(OC2CCN(C3CC(CN)(n4cc(-c5ncnc6[nH]ccc56)cn4)C3)CC2)nc(C(F)(F)F)c1. The molecular weight excluding hydrogens is 511 g/mol. The average Bonchev–Trinajstić information content (AvgIpc) is 3.59. The van der Waals surface area contributed by atoms with Crippen molar-refractivity contribution in [2.45, 2.75) is 56.1 Å². The van der Waals surface area contributed by atoms with Gasteiger partial charge in [-0.2, -0.15) is 18.3 Å². The fourth-order valence-electron chi connectivity index (χ4n) is 5.74. The Kier molecular flexibility index (Phi) is 6.52. The number of likely N-dealkylation sites (tertiary alicyclic amines) is 1. The number of rotatable bonds is 7. The highest BCUT2D eigenvalue weighted by atomic mass is 19.4. The second-order valence-corrected chi connectivity index (χ2v) is 10.4. The number of hydrogen-bond donors (Lipinski definition) is 3. The van der Waals surface area contributed by atoms with Gasteiger partial charge in [0.2, 0.25) is 5.88 Å². The maximum absolute atomic E-state index is 13.2. The molecule has 1 aliphatic heterocycles. The highest BCUT2D eigenvalue weighted by Crippen LogP contribution is 2.43. The molecule has 0 spiro atoms.